The van der Waals surface area contributed by atoms with Gasteiger partial charge in [0.1, 0.15) is 11.7 Å². The first kappa shape index (κ1) is 14.6. The Kier molecular flexibility index (Phi) is 5.39. The zero-order valence-electron chi connectivity index (χ0n) is 10.2. The first-order valence-corrected chi connectivity index (χ1v) is 5.41. The number of hydrogen-bond donors (Lipinski definition) is 2. The molecular formula is C11H13N3O5. The molecule has 0 aliphatic carbocycles. The van der Waals surface area contributed by atoms with E-state index in [9.17, 15) is 14.4 Å². The fourth-order valence-electron chi connectivity index (χ4n) is 1.27. The predicted molar refractivity (Wildman–Crippen MR) is 62.2 cm³/mol. The number of ether oxygens (including phenoxy) is 1. The molecular weight excluding hydrogens is 254 g/mol. The van der Waals surface area contributed by atoms with E-state index in [1.165, 1.54) is 25.7 Å². The maximum Gasteiger partial charge on any atom is 0.326 e. The van der Waals surface area contributed by atoms with Gasteiger partial charge in [-0.15, -0.1) is 0 Å². The van der Waals surface area contributed by atoms with Crippen molar-refractivity contribution in [3.8, 4) is 0 Å². The number of rotatable bonds is 6. The van der Waals surface area contributed by atoms with E-state index in [1.807, 2.05) is 0 Å². The Hall–Kier alpha value is -2.51. The molecule has 8 nitrogen and oxygen atoms in total. The van der Waals surface area contributed by atoms with Crippen molar-refractivity contribution in [2.75, 3.05) is 7.11 Å². The van der Waals surface area contributed by atoms with Crippen LogP contribution in [0, 0.1) is 0 Å². The topological polar surface area (TPSA) is 118 Å². The molecule has 0 saturated heterocycles. The van der Waals surface area contributed by atoms with Crippen LogP contribution in [0.25, 0.3) is 0 Å². The number of nitrogens with one attached hydrogen (secondary N) is 1. The molecule has 1 aromatic rings. The third-order valence-corrected chi connectivity index (χ3v) is 2.26. The minimum atomic E-state index is -1.24. The first-order chi connectivity index (χ1) is 9.04. The average Bonchev–Trinajstić information content (AvgIpc) is 2.43. The first-order valence-electron chi connectivity index (χ1n) is 5.41. The van der Waals surface area contributed by atoms with Gasteiger partial charge in [-0.2, -0.15) is 0 Å². The standard InChI is InChI=1S/C11H13N3O5/c1-19-9(15)3-2-7(11(17)18)14-10(16)8-6-12-4-5-13-8/h4-7H,2-3H2,1H3,(H,14,16)(H,17,18)/t7-/m1/s1. The number of hydrogen-bond acceptors (Lipinski definition) is 6. The fraction of sp³-hybridized carbons (Fsp3) is 0.364. The molecule has 0 fully saturated rings. The Morgan fingerprint density at radius 1 is 1.42 bits per heavy atom. The molecule has 0 aliphatic rings. The minimum Gasteiger partial charge on any atom is -0.480 e. The number of carbonyl (C=O) groups excluding carboxylic acids is 2. The van der Waals surface area contributed by atoms with Crippen molar-refractivity contribution in [1.29, 1.82) is 0 Å². The summed E-state index contributed by atoms with van der Waals surface area (Å²) in [6.45, 7) is 0. The summed E-state index contributed by atoms with van der Waals surface area (Å²) in [7, 11) is 1.20. The largest absolute Gasteiger partial charge is 0.480 e. The smallest absolute Gasteiger partial charge is 0.326 e. The Bertz CT molecular complexity index is 463. The molecule has 1 aromatic heterocycles. The van der Waals surface area contributed by atoms with Gasteiger partial charge in [0.15, 0.2) is 0 Å². The summed E-state index contributed by atoms with van der Waals surface area (Å²) in [5, 5.41) is 11.2. The van der Waals surface area contributed by atoms with Crippen molar-refractivity contribution in [1.82, 2.24) is 15.3 Å². The average molecular weight is 267 g/mol. The summed E-state index contributed by atoms with van der Waals surface area (Å²) in [6, 6.07) is -1.19. The van der Waals surface area contributed by atoms with Crippen LogP contribution in [0.4, 0.5) is 0 Å². The van der Waals surface area contributed by atoms with Crippen molar-refractivity contribution in [3.63, 3.8) is 0 Å². The lowest BCUT2D eigenvalue weighted by Crippen LogP contribution is -2.41. The van der Waals surface area contributed by atoms with Crippen LogP contribution in [0.2, 0.25) is 0 Å². The zero-order chi connectivity index (χ0) is 14.3. The summed E-state index contributed by atoms with van der Waals surface area (Å²) in [5.41, 5.74) is 0.00631. The molecule has 102 valence electrons. The summed E-state index contributed by atoms with van der Waals surface area (Å²) < 4.78 is 4.40. The highest BCUT2D eigenvalue weighted by Crippen LogP contribution is 2.01. The van der Waals surface area contributed by atoms with Gasteiger partial charge >= 0.3 is 11.9 Å². The van der Waals surface area contributed by atoms with Gasteiger partial charge in [-0.3, -0.25) is 14.6 Å². The predicted octanol–water partition coefficient (Wildman–Crippen LogP) is -0.387. The molecule has 1 rings (SSSR count). The molecule has 8 heteroatoms. The molecule has 2 N–H and O–H groups in total. The van der Waals surface area contributed by atoms with Gasteiger partial charge < -0.3 is 15.2 Å². The van der Waals surface area contributed by atoms with Gasteiger partial charge in [0.05, 0.1) is 13.3 Å². The number of aliphatic carboxylic acids is 1. The summed E-state index contributed by atoms with van der Waals surface area (Å²) in [6.07, 6.45) is 3.76. The van der Waals surface area contributed by atoms with Crippen LogP contribution in [0.5, 0.6) is 0 Å². The molecule has 1 heterocycles. The molecule has 0 spiro atoms. The van der Waals surface area contributed by atoms with E-state index >= 15 is 0 Å². The number of carbonyl (C=O) groups is 3. The molecule has 0 saturated carbocycles. The van der Waals surface area contributed by atoms with Gasteiger partial charge in [-0.05, 0) is 6.42 Å². The molecule has 0 aliphatic heterocycles. The van der Waals surface area contributed by atoms with Crippen LogP contribution in [-0.4, -0.2) is 46.1 Å². The second-order valence-electron chi connectivity index (χ2n) is 3.57. The SMILES string of the molecule is COC(=O)CC[C@@H](NC(=O)c1cnccn1)C(=O)O. The third kappa shape index (κ3) is 4.70. The Labute approximate surface area is 108 Å². The minimum absolute atomic E-state index is 0.00631. The molecule has 0 radical (unpaired) electrons. The maximum atomic E-state index is 11.7. The summed E-state index contributed by atoms with van der Waals surface area (Å²) >= 11 is 0. The van der Waals surface area contributed by atoms with E-state index < -0.39 is 23.9 Å². The van der Waals surface area contributed by atoms with Gasteiger partial charge in [-0.25, -0.2) is 9.78 Å². The number of methoxy groups -OCH3 is 1. The normalized spacial score (nSPS) is 11.4. The number of amides is 1. The quantitative estimate of drug-likeness (QED) is 0.674. The lowest BCUT2D eigenvalue weighted by Gasteiger charge is -2.13. The molecule has 0 bridgehead atoms. The third-order valence-electron chi connectivity index (χ3n) is 2.26. The highest BCUT2D eigenvalue weighted by atomic mass is 16.5. The lowest BCUT2D eigenvalue weighted by atomic mass is 10.1. The van der Waals surface area contributed by atoms with Gasteiger partial charge in [-0.1, -0.05) is 0 Å². The van der Waals surface area contributed by atoms with E-state index in [0.717, 1.165) is 0 Å². The van der Waals surface area contributed by atoms with Gasteiger partial charge in [0.2, 0.25) is 0 Å². The van der Waals surface area contributed by atoms with E-state index in [1.54, 1.807) is 0 Å². The molecule has 19 heavy (non-hydrogen) atoms. The molecule has 0 aromatic carbocycles. The second kappa shape index (κ2) is 7.04. The van der Waals surface area contributed by atoms with Crippen LogP contribution < -0.4 is 5.32 Å². The maximum absolute atomic E-state index is 11.7. The van der Waals surface area contributed by atoms with E-state index in [4.69, 9.17) is 5.11 Å². The van der Waals surface area contributed by atoms with Crippen molar-refractivity contribution >= 4 is 17.8 Å². The molecule has 1 atom stereocenters. The Morgan fingerprint density at radius 2 is 2.16 bits per heavy atom. The second-order valence-corrected chi connectivity index (χ2v) is 3.57. The van der Waals surface area contributed by atoms with Crippen LogP contribution >= 0.6 is 0 Å². The number of nitrogens with zero attached hydrogens (tertiary/aromatic N) is 2. The number of aromatic nitrogens is 2. The molecule has 0 unspecified atom stereocenters. The van der Waals surface area contributed by atoms with Crippen molar-refractivity contribution in [3.05, 3.63) is 24.3 Å². The molecule has 1 amide bonds. The Balaban J connectivity index is 2.61. The number of carboxylic acid groups (broad SMARTS) is 1. The van der Waals surface area contributed by atoms with Gasteiger partial charge in [0, 0.05) is 18.8 Å². The van der Waals surface area contributed by atoms with Crippen LogP contribution in [0.3, 0.4) is 0 Å². The number of esters is 1. The highest BCUT2D eigenvalue weighted by molar-refractivity contribution is 5.94. The summed E-state index contributed by atoms with van der Waals surface area (Å²) in [4.78, 5) is 41.0. The van der Waals surface area contributed by atoms with Gasteiger partial charge in [0.25, 0.3) is 5.91 Å². The van der Waals surface area contributed by atoms with E-state index in [0.29, 0.717) is 0 Å². The van der Waals surface area contributed by atoms with E-state index in [2.05, 4.69) is 20.0 Å². The highest BCUT2D eigenvalue weighted by Gasteiger charge is 2.22. The van der Waals surface area contributed by atoms with Crippen molar-refractivity contribution in [2.24, 2.45) is 0 Å². The monoisotopic (exact) mass is 267 g/mol. The fourth-order valence-corrected chi connectivity index (χ4v) is 1.27. The van der Waals surface area contributed by atoms with Crippen LogP contribution in [0.15, 0.2) is 18.6 Å². The van der Waals surface area contributed by atoms with Crippen LogP contribution in [-0.2, 0) is 14.3 Å². The number of carboxylic acids is 1. The van der Waals surface area contributed by atoms with Crippen molar-refractivity contribution < 1.29 is 24.2 Å². The van der Waals surface area contributed by atoms with Crippen LogP contribution in [0.1, 0.15) is 23.3 Å². The lowest BCUT2D eigenvalue weighted by molar-refractivity contribution is -0.142. The zero-order valence-corrected chi connectivity index (χ0v) is 10.2. The summed E-state index contributed by atoms with van der Waals surface area (Å²) in [5.74, 6) is -2.44. The van der Waals surface area contributed by atoms with Crippen molar-refractivity contribution in [2.45, 2.75) is 18.9 Å². The Morgan fingerprint density at radius 3 is 2.68 bits per heavy atom. The van der Waals surface area contributed by atoms with E-state index in [-0.39, 0.29) is 18.5 Å².